The molecule has 0 saturated heterocycles. The van der Waals surface area contributed by atoms with Gasteiger partial charge in [-0.2, -0.15) is 0 Å². The van der Waals surface area contributed by atoms with Gasteiger partial charge in [0, 0.05) is 23.0 Å². The Balaban J connectivity index is 2.03. The van der Waals surface area contributed by atoms with Crippen LogP contribution in [0.2, 0.25) is 5.02 Å². The summed E-state index contributed by atoms with van der Waals surface area (Å²) in [6.07, 6.45) is 6.31. The topological polar surface area (TPSA) is 43.8 Å². The van der Waals surface area contributed by atoms with E-state index in [-0.39, 0.29) is 0 Å². The molecule has 1 aliphatic rings. The summed E-state index contributed by atoms with van der Waals surface area (Å²) in [6.45, 7) is 0. The van der Waals surface area contributed by atoms with Crippen molar-refractivity contribution in [3.05, 3.63) is 33.5 Å². The van der Waals surface area contributed by atoms with Crippen LogP contribution in [0.1, 0.15) is 43.8 Å². The normalized spacial score (nSPS) is 16.3. The number of imidazole rings is 1. The molecule has 0 atom stereocenters. The van der Waals surface area contributed by atoms with Crippen LogP contribution in [0.5, 0.6) is 0 Å². The summed E-state index contributed by atoms with van der Waals surface area (Å²) >= 11 is 9.78. The second-order valence-corrected chi connectivity index (χ2v) is 7.04. The Hall–Kier alpha value is -1.00. The zero-order valence-corrected chi connectivity index (χ0v) is 14.4. The third-order valence-corrected chi connectivity index (χ3v) is 5.14. The first-order valence-corrected chi connectivity index (χ1v) is 8.52. The lowest BCUT2D eigenvalue weighted by Crippen LogP contribution is -2.11. The third-order valence-electron chi connectivity index (χ3n) is 4.33. The summed E-state index contributed by atoms with van der Waals surface area (Å²) in [4.78, 5) is 4.83. The number of aromatic nitrogens is 2. The largest absolute Gasteiger partial charge is 0.383 e. The predicted octanol–water partition coefficient (Wildman–Crippen LogP) is 5.13. The molecule has 5 heteroatoms. The van der Waals surface area contributed by atoms with Crippen LogP contribution in [-0.2, 0) is 7.05 Å². The number of anilines is 1. The highest BCUT2D eigenvalue weighted by molar-refractivity contribution is 9.10. The van der Waals surface area contributed by atoms with E-state index in [0.717, 1.165) is 21.6 Å². The van der Waals surface area contributed by atoms with Gasteiger partial charge in [-0.1, -0.05) is 52.9 Å². The Morgan fingerprint density at radius 2 is 2.00 bits per heavy atom. The smallest absolute Gasteiger partial charge is 0.131 e. The number of rotatable bonds is 2. The lowest BCUT2D eigenvalue weighted by molar-refractivity contribution is 0.422. The van der Waals surface area contributed by atoms with Crippen molar-refractivity contribution in [2.45, 2.75) is 38.0 Å². The average Bonchev–Trinajstić information content (AvgIpc) is 2.77. The van der Waals surface area contributed by atoms with Gasteiger partial charge in [-0.3, -0.25) is 0 Å². The molecule has 1 aromatic carbocycles. The number of hydrogen-bond acceptors (Lipinski definition) is 2. The highest BCUT2D eigenvalue weighted by Crippen LogP contribution is 2.38. The van der Waals surface area contributed by atoms with Crippen molar-refractivity contribution >= 4 is 33.3 Å². The van der Waals surface area contributed by atoms with Crippen molar-refractivity contribution in [1.29, 1.82) is 0 Å². The fourth-order valence-electron chi connectivity index (χ4n) is 3.13. The Morgan fingerprint density at radius 3 is 2.67 bits per heavy atom. The molecule has 1 aromatic heterocycles. The van der Waals surface area contributed by atoms with Crippen molar-refractivity contribution in [2.75, 3.05) is 5.73 Å². The maximum atomic E-state index is 6.35. The van der Waals surface area contributed by atoms with E-state index in [0.29, 0.717) is 16.8 Å². The summed E-state index contributed by atoms with van der Waals surface area (Å²) in [5.74, 6) is 2.31. The van der Waals surface area contributed by atoms with Gasteiger partial charge in [0.05, 0.1) is 5.02 Å². The molecule has 0 amide bonds. The minimum Gasteiger partial charge on any atom is -0.383 e. The zero-order chi connectivity index (χ0) is 15.0. The molecule has 3 rings (SSSR count). The standard InChI is InChI=1S/C16H19BrClN3/c1-21-15(19)14(12-8-7-11(17)9-13(12)18)20-16(21)10-5-3-2-4-6-10/h7-10H,2-6,19H2,1H3. The molecule has 0 bridgehead atoms. The lowest BCUT2D eigenvalue weighted by atomic mass is 9.89. The van der Waals surface area contributed by atoms with Gasteiger partial charge in [0.25, 0.3) is 0 Å². The van der Waals surface area contributed by atoms with E-state index in [1.54, 1.807) is 0 Å². The van der Waals surface area contributed by atoms with Crippen LogP contribution in [-0.4, -0.2) is 9.55 Å². The average molecular weight is 369 g/mol. The molecule has 1 fully saturated rings. The van der Waals surface area contributed by atoms with Gasteiger partial charge in [-0.15, -0.1) is 0 Å². The molecule has 112 valence electrons. The molecule has 0 unspecified atom stereocenters. The summed E-state index contributed by atoms with van der Waals surface area (Å²) in [5, 5.41) is 0.671. The fraction of sp³-hybridized carbons (Fsp3) is 0.438. The maximum Gasteiger partial charge on any atom is 0.131 e. The second-order valence-electron chi connectivity index (χ2n) is 5.72. The first-order valence-electron chi connectivity index (χ1n) is 7.35. The molecule has 1 saturated carbocycles. The van der Waals surface area contributed by atoms with Crippen molar-refractivity contribution in [1.82, 2.24) is 9.55 Å². The van der Waals surface area contributed by atoms with Crippen molar-refractivity contribution < 1.29 is 0 Å². The Labute approximate surface area is 138 Å². The van der Waals surface area contributed by atoms with E-state index < -0.39 is 0 Å². The van der Waals surface area contributed by atoms with Crippen molar-refractivity contribution in [3.63, 3.8) is 0 Å². The molecule has 0 aliphatic heterocycles. The van der Waals surface area contributed by atoms with Gasteiger partial charge >= 0.3 is 0 Å². The molecule has 0 radical (unpaired) electrons. The van der Waals surface area contributed by atoms with Crippen molar-refractivity contribution in [2.24, 2.45) is 7.05 Å². The number of nitrogens with zero attached hydrogens (tertiary/aromatic N) is 2. The number of benzene rings is 1. The fourth-order valence-corrected chi connectivity index (χ4v) is 3.90. The first-order chi connectivity index (χ1) is 10.1. The monoisotopic (exact) mass is 367 g/mol. The van der Waals surface area contributed by atoms with E-state index in [4.69, 9.17) is 22.3 Å². The number of hydrogen-bond donors (Lipinski definition) is 1. The summed E-state index contributed by atoms with van der Waals surface area (Å²) in [6, 6.07) is 5.82. The molecule has 2 aromatic rings. The Morgan fingerprint density at radius 1 is 1.29 bits per heavy atom. The van der Waals surface area contributed by atoms with Crippen LogP contribution in [0.4, 0.5) is 5.82 Å². The van der Waals surface area contributed by atoms with Crippen LogP contribution in [0.3, 0.4) is 0 Å². The Kier molecular flexibility index (Phi) is 4.27. The minimum absolute atomic E-state index is 0.522. The number of nitrogen functional groups attached to an aromatic ring is 1. The van der Waals surface area contributed by atoms with E-state index >= 15 is 0 Å². The van der Waals surface area contributed by atoms with Crippen LogP contribution >= 0.6 is 27.5 Å². The van der Waals surface area contributed by atoms with Gasteiger partial charge < -0.3 is 10.3 Å². The lowest BCUT2D eigenvalue weighted by Gasteiger charge is -2.21. The van der Waals surface area contributed by atoms with Crippen LogP contribution in [0.25, 0.3) is 11.3 Å². The highest BCUT2D eigenvalue weighted by Gasteiger charge is 2.24. The molecule has 1 aliphatic carbocycles. The quantitative estimate of drug-likeness (QED) is 0.798. The zero-order valence-electron chi connectivity index (χ0n) is 12.1. The van der Waals surface area contributed by atoms with E-state index in [1.807, 2.05) is 29.8 Å². The van der Waals surface area contributed by atoms with Crippen molar-refractivity contribution in [3.8, 4) is 11.3 Å². The van der Waals surface area contributed by atoms with Crippen LogP contribution in [0.15, 0.2) is 22.7 Å². The Bertz CT molecular complexity index is 660. The maximum absolute atomic E-state index is 6.35. The minimum atomic E-state index is 0.522. The molecule has 1 heterocycles. The number of halogens is 2. The van der Waals surface area contributed by atoms with Gasteiger partial charge in [0.15, 0.2) is 0 Å². The summed E-state index contributed by atoms with van der Waals surface area (Å²) < 4.78 is 2.99. The summed E-state index contributed by atoms with van der Waals surface area (Å²) in [5.41, 5.74) is 7.98. The number of nitrogens with two attached hydrogens (primary N) is 1. The van der Waals surface area contributed by atoms with Gasteiger partial charge in [0.2, 0.25) is 0 Å². The van der Waals surface area contributed by atoms with Gasteiger partial charge in [-0.05, 0) is 25.0 Å². The molecule has 3 nitrogen and oxygen atoms in total. The summed E-state index contributed by atoms with van der Waals surface area (Å²) in [7, 11) is 2.00. The molecule has 21 heavy (non-hydrogen) atoms. The third kappa shape index (κ3) is 2.84. The predicted molar refractivity (Wildman–Crippen MR) is 91.6 cm³/mol. The molecule has 2 N–H and O–H groups in total. The molecule has 0 spiro atoms. The second kappa shape index (κ2) is 6.01. The van der Waals surface area contributed by atoms with Crippen LogP contribution < -0.4 is 5.73 Å². The highest BCUT2D eigenvalue weighted by atomic mass is 79.9. The van der Waals surface area contributed by atoms with E-state index in [9.17, 15) is 0 Å². The van der Waals surface area contributed by atoms with Crippen LogP contribution in [0, 0.1) is 0 Å². The first kappa shape index (κ1) is 14.9. The van der Waals surface area contributed by atoms with Gasteiger partial charge in [-0.25, -0.2) is 4.98 Å². The van der Waals surface area contributed by atoms with E-state index in [1.165, 1.54) is 32.1 Å². The van der Waals surface area contributed by atoms with E-state index in [2.05, 4.69) is 15.9 Å². The molecular formula is C16H19BrClN3. The molecular weight excluding hydrogens is 350 g/mol. The van der Waals surface area contributed by atoms with Gasteiger partial charge in [0.1, 0.15) is 17.3 Å². The SMILES string of the molecule is Cn1c(C2CCCCC2)nc(-c2ccc(Br)cc2Cl)c1N.